The molecule has 0 bridgehead atoms. The molecule has 1 aromatic carbocycles. The van der Waals surface area contributed by atoms with E-state index in [-0.39, 0.29) is 18.1 Å². The smallest absolute Gasteiger partial charge is 0.307 e. The van der Waals surface area contributed by atoms with Gasteiger partial charge in [0.25, 0.3) is 0 Å². The second-order valence-electron chi connectivity index (χ2n) is 5.88. The Hall–Kier alpha value is -1.35. The van der Waals surface area contributed by atoms with Crippen molar-refractivity contribution in [2.45, 2.75) is 46.2 Å². The fraction of sp³-hybridized carbons (Fsp3) is 0.588. The van der Waals surface area contributed by atoms with Crippen molar-refractivity contribution in [3.63, 3.8) is 0 Å². The van der Waals surface area contributed by atoms with Crippen LogP contribution in [0.5, 0.6) is 0 Å². The van der Waals surface area contributed by atoms with Gasteiger partial charge in [-0.25, -0.2) is 0 Å². The molecular weight excluding hydrogens is 250 g/mol. The molecule has 20 heavy (non-hydrogen) atoms. The van der Waals surface area contributed by atoms with Gasteiger partial charge in [0.2, 0.25) is 0 Å². The van der Waals surface area contributed by atoms with E-state index in [0.717, 1.165) is 0 Å². The van der Waals surface area contributed by atoms with Crippen LogP contribution in [0.15, 0.2) is 30.3 Å². The molecule has 0 saturated carbocycles. The summed E-state index contributed by atoms with van der Waals surface area (Å²) in [7, 11) is 2.05. The maximum Gasteiger partial charge on any atom is 0.307 e. The van der Waals surface area contributed by atoms with Gasteiger partial charge in [-0.1, -0.05) is 44.2 Å². The van der Waals surface area contributed by atoms with Gasteiger partial charge in [0.05, 0.1) is 13.0 Å². The maximum atomic E-state index is 11.8. The summed E-state index contributed by atoms with van der Waals surface area (Å²) in [5.41, 5.74) is 1.26. The normalized spacial score (nSPS) is 14.3. The highest BCUT2D eigenvalue weighted by atomic mass is 16.5. The van der Waals surface area contributed by atoms with Crippen LogP contribution in [0.4, 0.5) is 0 Å². The van der Waals surface area contributed by atoms with E-state index in [1.807, 2.05) is 32.0 Å². The third kappa shape index (κ3) is 5.33. The molecule has 1 rings (SSSR count). The van der Waals surface area contributed by atoms with Crippen LogP contribution in [0.25, 0.3) is 0 Å². The standard InChI is InChI=1S/C17H27NO2/c1-13(2)12-20-17(19)11-14(3)18(5)15(4)16-9-7-6-8-10-16/h6-10,13-15H,11-12H2,1-5H3. The van der Waals surface area contributed by atoms with E-state index in [2.05, 4.69) is 37.9 Å². The summed E-state index contributed by atoms with van der Waals surface area (Å²) in [6.07, 6.45) is 0.431. The average Bonchev–Trinajstić information content (AvgIpc) is 2.44. The van der Waals surface area contributed by atoms with Crippen LogP contribution in [0.3, 0.4) is 0 Å². The fourth-order valence-electron chi connectivity index (χ4n) is 2.05. The van der Waals surface area contributed by atoms with Crippen molar-refractivity contribution in [3.05, 3.63) is 35.9 Å². The summed E-state index contributed by atoms with van der Waals surface area (Å²) >= 11 is 0. The zero-order chi connectivity index (χ0) is 15.1. The van der Waals surface area contributed by atoms with Gasteiger partial charge < -0.3 is 4.74 Å². The molecule has 0 aromatic heterocycles. The zero-order valence-electron chi connectivity index (χ0n) is 13.3. The Labute approximate surface area is 122 Å². The van der Waals surface area contributed by atoms with Crippen LogP contribution in [0.1, 0.15) is 45.7 Å². The maximum absolute atomic E-state index is 11.8. The summed E-state index contributed by atoms with van der Waals surface area (Å²) in [6, 6.07) is 10.8. The first kappa shape index (κ1) is 16.7. The first-order chi connectivity index (χ1) is 9.41. The minimum absolute atomic E-state index is 0.113. The molecule has 0 saturated heterocycles. The molecular formula is C17H27NO2. The lowest BCUT2D eigenvalue weighted by atomic mass is 10.1. The van der Waals surface area contributed by atoms with E-state index < -0.39 is 0 Å². The molecule has 0 aliphatic heterocycles. The molecule has 0 amide bonds. The van der Waals surface area contributed by atoms with Crippen LogP contribution in [0.2, 0.25) is 0 Å². The van der Waals surface area contributed by atoms with Crippen LogP contribution >= 0.6 is 0 Å². The number of hydrogen-bond acceptors (Lipinski definition) is 3. The number of ether oxygens (including phenoxy) is 1. The lowest BCUT2D eigenvalue weighted by Gasteiger charge is -2.30. The Morgan fingerprint density at radius 2 is 1.75 bits per heavy atom. The Kier molecular flexibility index (Phi) is 6.73. The van der Waals surface area contributed by atoms with Crippen LogP contribution in [-0.2, 0) is 9.53 Å². The van der Waals surface area contributed by atoms with Gasteiger partial charge in [0.15, 0.2) is 0 Å². The van der Waals surface area contributed by atoms with E-state index in [4.69, 9.17) is 4.74 Å². The lowest BCUT2D eigenvalue weighted by Crippen LogP contribution is -2.34. The summed E-state index contributed by atoms with van der Waals surface area (Å²) < 4.78 is 5.24. The molecule has 3 nitrogen and oxygen atoms in total. The van der Waals surface area contributed by atoms with Gasteiger partial charge in [-0.2, -0.15) is 0 Å². The van der Waals surface area contributed by atoms with E-state index in [1.165, 1.54) is 5.56 Å². The predicted molar refractivity (Wildman–Crippen MR) is 82.5 cm³/mol. The van der Waals surface area contributed by atoms with Gasteiger partial charge >= 0.3 is 5.97 Å². The van der Waals surface area contributed by atoms with Crippen molar-refractivity contribution < 1.29 is 9.53 Å². The van der Waals surface area contributed by atoms with Crippen molar-refractivity contribution in [1.82, 2.24) is 4.90 Å². The third-order valence-corrected chi connectivity index (χ3v) is 3.63. The largest absolute Gasteiger partial charge is 0.465 e. The summed E-state index contributed by atoms with van der Waals surface area (Å²) in [5, 5.41) is 0. The Bertz CT molecular complexity index is 403. The monoisotopic (exact) mass is 277 g/mol. The topological polar surface area (TPSA) is 29.5 Å². The van der Waals surface area contributed by atoms with Crippen LogP contribution in [0, 0.1) is 5.92 Å². The van der Waals surface area contributed by atoms with Gasteiger partial charge in [-0.05, 0) is 32.4 Å². The number of benzene rings is 1. The first-order valence-corrected chi connectivity index (χ1v) is 7.34. The minimum atomic E-state index is -0.113. The Morgan fingerprint density at radius 3 is 2.30 bits per heavy atom. The van der Waals surface area contributed by atoms with Crippen LogP contribution in [-0.4, -0.2) is 30.6 Å². The summed E-state index contributed by atoms with van der Waals surface area (Å²) in [5.74, 6) is 0.272. The van der Waals surface area contributed by atoms with Crippen molar-refractivity contribution in [3.8, 4) is 0 Å². The van der Waals surface area contributed by atoms with E-state index >= 15 is 0 Å². The Balaban J connectivity index is 2.50. The SMILES string of the molecule is CC(C)COC(=O)CC(C)N(C)C(C)c1ccccc1. The van der Waals surface area contributed by atoms with Gasteiger partial charge in [-0.15, -0.1) is 0 Å². The highest BCUT2D eigenvalue weighted by Gasteiger charge is 2.20. The molecule has 0 fully saturated rings. The molecule has 0 heterocycles. The fourth-order valence-corrected chi connectivity index (χ4v) is 2.05. The molecule has 0 spiro atoms. The minimum Gasteiger partial charge on any atom is -0.465 e. The number of nitrogens with zero attached hydrogens (tertiary/aromatic N) is 1. The Morgan fingerprint density at radius 1 is 1.15 bits per heavy atom. The third-order valence-electron chi connectivity index (χ3n) is 3.63. The number of esters is 1. The van der Waals surface area contributed by atoms with E-state index in [1.54, 1.807) is 0 Å². The highest BCUT2D eigenvalue weighted by Crippen LogP contribution is 2.21. The molecule has 0 radical (unpaired) electrons. The van der Waals surface area contributed by atoms with Crippen molar-refractivity contribution in [2.24, 2.45) is 5.92 Å². The molecule has 3 heteroatoms. The molecule has 0 aliphatic carbocycles. The second kappa shape index (κ2) is 8.05. The number of carbonyl (C=O) groups is 1. The van der Waals surface area contributed by atoms with Crippen molar-refractivity contribution >= 4 is 5.97 Å². The average molecular weight is 277 g/mol. The zero-order valence-corrected chi connectivity index (χ0v) is 13.3. The number of rotatable bonds is 7. The van der Waals surface area contributed by atoms with Crippen molar-refractivity contribution in [1.29, 1.82) is 0 Å². The predicted octanol–water partition coefficient (Wildman–Crippen LogP) is 3.66. The molecule has 2 atom stereocenters. The quantitative estimate of drug-likeness (QED) is 0.712. The van der Waals surface area contributed by atoms with Gasteiger partial charge in [0, 0.05) is 12.1 Å². The van der Waals surface area contributed by atoms with Crippen LogP contribution < -0.4 is 0 Å². The number of hydrogen-bond donors (Lipinski definition) is 0. The summed E-state index contributed by atoms with van der Waals surface area (Å²) in [6.45, 7) is 8.81. The first-order valence-electron chi connectivity index (χ1n) is 7.34. The van der Waals surface area contributed by atoms with Gasteiger partial charge in [-0.3, -0.25) is 9.69 Å². The molecule has 0 aliphatic rings. The van der Waals surface area contributed by atoms with E-state index in [0.29, 0.717) is 18.9 Å². The van der Waals surface area contributed by atoms with Gasteiger partial charge in [0.1, 0.15) is 0 Å². The molecule has 1 aromatic rings. The molecule has 112 valence electrons. The van der Waals surface area contributed by atoms with E-state index in [9.17, 15) is 4.79 Å². The highest BCUT2D eigenvalue weighted by molar-refractivity contribution is 5.70. The lowest BCUT2D eigenvalue weighted by molar-refractivity contribution is -0.146. The molecule has 2 unspecified atom stereocenters. The molecule has 0 N–H and O–H groups in total. The number of carbonyl (C=O) groups excluding carboxylic acids is 1. The van der Waals surface area contributed by atoms with Crippen molar-refractivity contribution in [2.75, 3.05) is 13.7 Å². The summed E-state index contributed by atoms with van der Waals surface area (Å²) in [4.78, 5) is 14.0. The second-order valence-corrected chi connectivity index (χ2v) is 5.88.